The first-order valence-electron chi connectivity index (χ1n) is 8.74. The van der Waals surface area contributed by atoms with E-state index in [9.17, 15) is 41.4 Å². The van der Waals surface area contributed by atoms with Crippen LogP contribution < -0.4 is 4.90 Å². The van der Waals surface area contributed by atoms with Crippen LogP contribution in [0, 0.1) is 0 Å². The Kier molecular flexibility index (Phi) is 7.24. The Morgan fingerprint density at radius 2 is 1.34 bits per heavy atom. The van der Waals surface area contributed by atoms with Crippen molar-refractivity contribution in [1.82, 2.24) is 4.90 Å². The van der Waals surface area contributed by atoms with E-state index in [1.54, 1.807) is 13.8 Å². The molecule has 0 aliphatic carbocycles. The molecule has 0 aliphatic heterocycles. The standard InChI is InChI=1S/C18H24F6N2O3/c1-5-25(11-15(3,4)28)14(27)26(6-2)13-9-7-12(8-10-13)16(29,17(19,20)21)18(22,23)24/h7-10,28-29H,5-6,11H2,1-4H3. The Morgan fingerprint density at radius 3 is 1.66 bits per heavy atom. The minimum Gasteiger partial charge on any atom is -0.389 e. The molecule has 11 heteroatoms. The number of urea groups is 1. The number of carbonyl (C=O) groups excluding carboxylic acids is 1. The van der Waals surface area contributed by atoms with E-state index >= 15 is 0 Å². The summed E-state index contributed by atoms with van der Waals surface area (Å²) < 4.78 is 77.9. The Balaban J connectivity index is 3.29. The first-order valence-corrected chi connectivity index (χ1v) is 8.74. The summed E-state index contributed by atoms with van der Waals surface area (Å²) in [6.45, 7) is 6.48. The number of hydrogen-bond donors (Lipinski definition) is 2. The molecule has 0 saturated carbocycles. The summed E-state index contributed by atoms with van der Waals surface area (Å²) in [5, 5.41) is 19.4. The highest BCUT2D eigenvalue weighted by molar-refractivity contribution is 5.92. The summed E-state index contributed by atoms with van der Waals surface area (Å²) in [6, 6.07) is 2.19. The molecule has 0 heterocycles. The Bertz CT molecular complexity index is 682. The fourth-order valence-electron chi connectivity index (χ4n) is 2.75. The van der Waals surface area contributed by atoms with Gasteiger partial charge in [-0.3, -0.25) is 4.90 Å². The minimum absolute atomic E-state index is 0.0290. The molecule has 0 bridgehead atoms. The fourth-order valence-corrected chi connectivity index (χ4v) is 2.75. The summed E-state index contributed by atoms with van der Waals surface area (Å²) in [4.78, 5) is 15.1. The molecule has 0 saturated heterocycles. The van der Waals surface area contributed by atoms with Crippen molar-refractivity contribution in [3.63, 3.8) is 0 Å². The largest absolute Gasteiger partial charge is 0.430 e. The van der Waals surface area contributed by atoms with Gasteiger partial charge in [-0.05, 0) is 39.8 Å². The predicted molar refractivity (Wildman–Crippen MR) is 94.4 cm³/mol. The van der Waals surface area contributed by atoms with Crippen molar-refractivity contribution in [3.05, 3.63) is 29.8 Å². The molecular weight excluding hydrogens is 406 g/mol. The molecule has 0 unspecified atom stereocenters. The molecule has 1 aromatic rings. The number of amides is 2. The van der Waals surface area contributed by atoms with Gasteiger partial charge in [0.15, 0.2) is 0 Å². The third-order valence-corrected chi connectivity index (χ3v) is 4.19. The first kappa shape index (κ1) is 25.0. The molecule has 29 heavy (non-hydrogen) atoms. The van der Waals surface area contributed by atoms with Gasteiger partial charge in [0, 0.05) is 24.3 Å². The maximum absolute atomic E-state index is 13.0. The number of halogens is 6. The number of aliphatic hydroxyl groups is 2. The van der Waals surface area contributed by atoms with Crippen LogP contribution in [0.1, 0.15) is 33.3 Å². The maximum atomic E-state index is 13.0. The van der Waals surface area contributed by atoms with Crippen LogP contribution in [-0.4, -0.2) is 58.7 Å². The number of carbonyl (C=O) groups is 1. The Labute approximate surface area is 164 Å². The second-order valence-electron chi connectivity index (χ2n) is 7.11. The highest BCUT2D eigenvalue weighted by atomic mass is 19.4. The van der Waals surface area contributed by atoms with Crippen LogP contribution in [0.15, 0.2) is 24.3 Å². The lowest BCUT2D eigenvalue weighted by Crippen LogP contribution is -2.54. The Morgan fingerprint density at radius 1 is 0.897 bits per heavy atom. The quantitative estimate of drug-likeness (QED) is 0.670. The third-order valence-electron chi connectivity index (χ3n) is 4.19. The molecule has 0 fully saturated rings. The van der Waals surface area contributed by atoms with E-state index in [2.05, 4.69) is 0 Å². The lowest BCUT2D eigenvalue weighted by Gasteiger charge is -2.34. The van der Waals surface area contributed by atoms with Crippen molar-refractivity contribution >= 4 is 11.7 Å². The van der Waals surface area contributed by atoms with Gasteiger partial charge in [0.1, 0.15) is 0 Å². The SMILES string of the molecule is CCN(CC(C)(C)O)C(=O)N(CC)c1ccc(C(O)(C(F)(F)F)C(F)(F)F)cc1. The number of anilines is 1. The van der Waals surface area contributed by atoms with Crippen LogP contribution in [0.25, 0.3) is 0 Å². The summed E-state index contributed by atoms with van der Waals surface area (Å²) in [6.07, 6.45) is -12.0. The van der Waals surface area contributed by atoms with E-state index in [0.29, 0.717) is 12.1 Å². The van der Waals surface area contributed by atoms with Crippen molar-refractivity contribution in [2.24, 2.45) is 0 Å². The van der Waals surface area contributed by atoms with Crippen LogP contribution in [0.2, 0.25) is 0 Å². The molecule has 5 nitrogen and oxygen atoms in total. The zero-order chi connectivity index (χ0) is 22.8. The maximum Gasteiger partial charge on any atom is 0.430 e. The highest BCUT2D eigenvalue weighted by Gasteiger charge is 2.71. The van der Waals surface area contributed by atoms with E-state index in [4.69, 9.17) is 0 Å². The number of likely N-dealkylation sites (N-methyl/N-ethyl adjacent to an activating group) is 1. The second-order valence-corrected chi connectivity index (χ2v) is 7.11. The number of hydrogen-bond acceptors (Lipinski definition) is 3. The van der Waals surface area contributed by atoms with E-state index in [1.807, 2.05) is 0 Å². The van der Waals surface area contributed by atoms with Gasteiger partial charge in [-0.2, -0.15) is 26.3 Å². The van der Waals surface area contributed by atoms with E-state index in [1.165, 1.54) is 18.7 Å². The van der Waals surface area contributed by atoms with Crippen molar-refractivity contribution in [3.8, 4) is 0 Å². The third kappa shape index (κ3) is 5.33. The van der Waals surface area contributed by atoms with Gasteiger partial charge in [-0.15, -0.1) is 0 Å². The topological polar surface area (TPSA) is 64.0 Å². The molecule has 0 aliphatic rings. The average molecular weight is 430 g/mol. The number of nitrogens with zero attached hydrogens (tertiary/aromatic N) is 2. The smallest absolute Gasteiger partial charge is 0.389 e. The van der Waals surface area contributed by atoms with Gasteiger partial charge < -0.3 is 15.1 Å². The lowest BCUT2D eigenvalue weighted by molar-refractivity contribution is -0.376. The molecular formula is C18H24F6N2O3. The van der Waals surface area contributed by atoms with Gasteiger partial charge in [0.05, 0.1) is 12.1 Å². The van der Waals surface area contributed by atoms with Gasteiger partial charge >= 0.3 is 18.4 Å². The van der Waals surface area contributed by atoms with Gasteiger partial charge in [0.25, 0.3) is 5.60 Å². The number of benzene rings is 1. The fraction of sp³-hybridized carbons (Fsp3) is 0.611. The zero-order valence-electron chi connectivity index (χ0n) is 16.4. The van der Waals surface area contributed by atoms with E-state index in [-0.39, 0.29) is 25.3 Å². The summed E-state index contributed by atoms with van der Waals surface area (Å²) in [5.74, 6) is 0. The van der Waals surface area contributed by atoms with Crippen molar-refractivity contribution in [2.75, 3.05) is 24.5 Å². The van der Waals surface area contributed by atoms with Crippen LogP contribution in [0.4, 0.5) is 36.8 Å². The average Bonchev–Trinajstić information content (AvgIpc) is 2.57. The molecule has 166 valence electrons. The van der Waals surface area contributed by atoms with Crippen LogP contribution >= 0.6 is 0 Å². The Hall–Kier alpha value is -2.01. The summed E-state index contributed by atoms with van der Waals surface area (Å²) in [7, 11) is 0. The number of rotatable bonds is 6. The highest BCUT2D eigenvalue weighted by Crippen LogP contribution is 2.50. The monoisotopic (exact) mass is 430 g/mol. The van der Waals surface area contributed by atoms with Crippen molar-refractivity contribution < 1.29 is 41.4 Å². The molecule has 0 aromatic heterocycles. The normalized spacial score (nSPS) is 13.4. The molecule has 0 spiro atoms. The van der Waals surface area contributed by atoms with Crippen molar-refractivity contribution in [2.45, 2.75) is 51.2 Å². The van der Waals surface area contributed by atoms with E-state index in [0.717, 1.165) is 17.0 Å². The van der Waals surface area contributed by atoms with Crippen LogP contribution in [0.3, 0.4) is 0 Å². The predicted octanol–water partition coefficient (Wildman–Crippen LogP) is 4.04. The first-order chi connectivity index (χ1) is 13.0. The second kappa shape index (κ2) is 8.39. The molecule has 0 radical (unpaired) electrons. The molecule has 1 aromatic carbocycles. The van der Waals surface area contributed by atoms with Gasteiger partial charge in [0.2, 0.25) is 0 Å². The van der Waals surface area contributed by atoms with Gasteiger partial charge in [-0.25, -0.2) is 4.79 Å². The van der Waals surface area contributed by atoms with E-state index < -0.39 is 35.1 Å². The van der Waals surface area contributed by atoms with Crippen LogP contribution in [-0.2, 0) is 5.60 Å². The lowest BCUT2D eigenvalue weighted by atomic mass is 9.92. The van der Waals surface area contributed by atoms with Crippen LogP contribution in [0.5, 0.6) is 0 Å². The zero-order valence-corrected chi connectivity index (χ0v) is 16.4. The summed E-state index contributed by atoms with van der Waals surface area (Å²) in [5.41, 5.74) is -7.60. The molecule has 0 atom stereocenters. The minimum atomic E-state index is -5.99. The van der Waals surface area contributed by atoms with Gasteiger partial charge in [-0.1, -0.05) is 12.1 Å². The molecule has 2 amide bonds. The molecule has 1 rings (SSSR count). The molecule has 2 N–H and O–H groups in total. The van der Waals surface area contributed by atoms with Crippen molar-refractivity contribution in [1.29, 1.82) is 0 Å². The number of alkyl halides is 6. The summed E-state index contributed by atoms with van der Waals surface area (Å²) >= 11 is 0.